The van der Waals surface area contributed by atoms with Gasteiger partial charge in [-0.3, -0.25) is 9.80 Å². The van der Waals surface area contributed by atoms with Crippen molar-refractivity contribution in [2.24, 2.45) is 0 Å². The highest BCUT2D eigenvalue weighted by molar-refractivity contribution is 9.10. The van der Waals surface area contributed by atoms with Gasteiger partial charge < -0.3 is 4.57 Å². The third kappa shape index (κ3) is 3.92. The third-order valence-corrected chi connectivity index (χ3v) is 6.81. The number of nitrogens with zero attached hydrogens (tertiary/aromatic N) is 3. The van der Waals surface area contributed by atoms with Gasteiger partial charge in [0.05, 0.1) is 0 Å². The van der Waals surface area contributed by atoms with Gasteiger partial charge >= 0.3 is 0 Å². The molecule has 3 aromatic carbocycles. The van der Waals surface area contributed by atoms with Gasteiger partial charge in [0.1, 0.15) is 0 Å². The average Bonchev–Trinajstić information content (AvgIpc) is 3.08. The zero-order chi connectivity index (χ0) is 20.5. The minimum absolute atomic E-state index is 1.00. The van der Waals surface area contributed by atoms with Gasteiger partial charge in [-0.25, -0.2) is 0 Å². The summed E-state index contributed by atoms with van der Waals surface area (Å²) in [5.41, 5.74) is 5.49. The van der Waals surface area contributed by atoms with Crippen LogP contribution in [-0.2, 0) is 19.6 Å². The van der Waals surface area contributed by atoms with Gasteiger partial charge in [0.15, 0.2) is 0 Å². The maximum Gasteiger partial charge on any atom is 0.0491 e. The summed E-state index contributed by atoms with van der Waals surface area (Å²) in [6.07, 6.45) is 0. The molecule has 2 heterocycles. The highest BCUT2D eigenvalue weighted by Crippen LogP contribution is 2.30. The van der Waals surface area contributed by atoms with Crippen molar-refractivity contribution in [1.82, 2.24) is 14.4 Å². The second-order valence-corrected chi connectivity index (χ2v) is 9.21. The molecule has 4 heteroatoms. The standard InChI is InChI=1S/C26H28BrN3/c1-2-30-25-9-4-3-8-23(25)24-17-21(10-11-26(24)30)19-29-14-12-28(13-15-29)18-20-6-5-7-22(27)16-20/h3-11,16-17H,2,12-15,18-19H2,1H3. The molecule has 0 unspecified atom stereocenters. The molecule has 0 N–H and O–H groups in total. The summed E-state index contributed by atoms with van der Waals surface area (Å²) in [5.74, 6) is 0. The van der Waals surface area contributed by atoms with Crippen LogP contribution in [0.4, 0.5) is 0 Å². The number of fused-ring (bicyclic) bond motifs is 3. The predicted molar refractivity (Wildman–Crippen MR) is 130 cm³/mol. The van der Waals surface area contributed by atoms with Crippen LogP contribution in [0, 0.1) is 0 Å². The maximum atomic E-state index is 3.58. The van der Waals surface area contributed by atoms with Crippen LogP contribution in [0.5, 0.6) is 0 Å². The van der Waals surface area contributed by atoms with E-state index in [1.807, 2.05) is 0 Å². The van der Waals surface area contributed by atoms with E-state index < -0.39 is 0 Å². The fraction of sp³-hybridized carbons (Fsp3) is 0.308. The molecule has 4 aromatic rings. The Morgan fingerprint density at radius 3 is 2.07 bits per heavy atom. The van der Waals surface area contributed by atoms with Crippen molar-refractivity contribution >= 4 is 37.7 Å². The van der Waals surface area contributed by atoms with Crippen LogP contribution < -0.4 is 0 Å². The lowest BCUT2D eigenvalue weighted by molar-refractivity contribution is 0.122. The highest BCUT2D eigenvalue weighted by Gasteiger charge is 2.18. The molecule has 1 saturated heterocycles. The predicted octanol–water partition coefficient (Wildman–Crippen LogP) is 5.89. The molecular formula is C26H28BrN3. The lowest BCUT2D eigenvalue weighted by atomic mass is 10.1. The van der Waals surface area contributed by atoms with Gasteiger partial charge in [0.2, 0.25) is 0 Å². The molecule has 5 rings (SSSR count). The van der Waals surface area contributed by atoms with Crippen molar-refractivity contribution in [3.8, 4) is 0 Å². The van der Waals surface area contributed by atoms with Crippen LogP contribution in [0.25, 0.3) is 21.8 Å². The Balaban J connectivity index is 1.28. The van der Waals surface area contributed by atoms with Crippen molar-refractivity contribution in [3.63, 3.8) is 0 Å². The van der Waals surface area contributed by atoms with Gasteiger partial charge in [-0.2, -0.15) is 0 Å². The van der Waals surface area contributed by atoms with Crippen LogP contribution >= 0.6 is 15.9 Å². The molecule has 1 aliphatic heterocycles. The van der Waals surface area contributed by atoms with Gasteiger partial charge in [-0.15, -0.1) is 0 Å². The molecule has 0 aliphatic carbocycles. The van der Waals surface area contributed by atoms with Crippen molar-refractivity contribution in [3.05, 3.63) is 82.3 Å². The first-order valence-corrected chi connectivity index (χ1v) is 11.7. The van der Waals surface area contributed by atoms with Crippen molar-refractivity contribution in [1.29, 1.82) is 0 Å². The van der Waals surface area contributed by atoms with Crippen LogP contribution in [0.1, 0.15) is 18.1 Å². The monoisotopic (exact) mass is 461 g/mol. The molecule has 0 radical (unpaired) electrons. The minimum atomic E-state index is 1.00. The first-order valence-electron chi connectivity index (χ1n) is 10.9. The Bertz CT molecular complexity index is 1170. The topological polar surface area (TPSA) is 11.4 Å². The first-order chi connectivity index (χ1) is 14.7. The number of para-hydroxylation sites is 1. The smallest absolute Gasteiger partial charge is 0.0491 e. The Hall–Kier alpha value is -2.14. The summed E-state index contributed by atoms with van der Waals surface area (Å²) in [6.45, 7) is 9.82. The van der Waals surface area contributed by atoms with Crippen molar-refractivity contribution < 1.29 is 0 Å². The van der Waals surface area contributed by atoms with Crippen LogP contribution in [0.2, 0.25) is 0 Å². The molecule has 0 spiro atoms. The molecule has 30 heavy (non-hydrogen) atoms. The zero-order valence-electron chi connectivity index (χ0n) is 17.5. The number of halogens is 1. The summed E-state index contributed by atoms with van der Waals surface area (Å²) in [7, 11) is 0. The Morgan fingerprint density at radius 1 is 0.700 bits per heavy atom. The number of hydrogen-bond acceptors (Lipinski definition) is 2. The van der Waals surface area contributed by atoms with E-state index in [1.165, 1.54) is 37.4 Å². The number of benzene rings is 3. The van der Waals surface area contributed by atoms with Gasteiger partial charge in [-0.1, -0.05) is 52.3 Å². The normalized spacial score (nSPS) is 15.9. The number of piperazine rings is 1. The summed E-state index contributed by atoms with van der Waals surface area (Å²) in [4.78, 5) is 5.16. The third-order valence-electron chi connectivity index (χ3n) is 6.32. The van der Waals surface area contributed by atoms with E-state index in [1.54, 1.807) is 0 Å². The summed E-state index contributed by atoms with van der Waals surface area (Å²) in [5, 5.41) is 2.76. The maximum absolute atomic E-state index is 3.58. The zero-order valence-corrected chi connectivity index (χ0v) is 19.1. The van der Waals surface area contributed by atoms with E-state index in [0.717, 1.165) is 45.8 Å². The van der Waals surface area contributed by atoms with Gasteiger partial charge in [0, 0.05) is 72.1 Å². The summed E-state index contributed by atoms with van der Waals surface area (Å²) in [6, 6.07) is 24.5. The fourth-order valence-electron chi connectivity index (χ4n) is 4.80. The molecule has 0 atom stereocenters. The first kappa shape index (κ1) is 19.8. The molecule has 3 nitrogen and oxygen atoms in total. The SMILES string of the molecule is CCn1c2ccccc2c2cc(CN3CCN(Cc4cccc(Br)c4)CC3)ccc21. The lowest BCUT2D eigenvalue weighted by Crippen LogP contribution is -2.45. The second-order valence-electron chi connectivity index (χ2n) is 8.30. The Morgan fingerprint density at radius 2 is 1.37 bits per heavy atom. The molecule has 1 aliphatic rings. The largest absolute Gasteiger partial charge is 0.341 e. The van der Waals surface area contributed by atoms with E-state index >= 15 is 0 Å². The Labute approximate surface area is 187 Å². The van der Waals surface area contributed by atoms with Crippen LogP contribution in [0.15, 0.2) is 71.2 Å². The van der Waals surface area contributed by atoms with Gasteiger partial charge in [-0.05, 0) is 48.4 Å². The van der Waals surface area contributed by atoms with Crippen LogP contribution in [-0.4, -0.2) is 40.5 Å². The van der Waals surface area contributed by atoms with Crippen molar-refractivity contribution in [2.75, 3.05) is 26.2 Å². The van der Waals surface area contributed by atoms with E-state index in [9.17, 15) is 0 Å². The summed E-state index contributed by atoms with van der Waals surface area (Å²) < 4.78 is 3.59. The van der Waals surface area contributed by atoms with Crippen LogP contribution in [0.3, 0.4) is 0 Å². The number of aryl methyl sites for hydroxylation is 1. The molecular weight excluding hydrogens is 434 g/mol. The van der Waals surface area contributed by atoms with E-state index in [-0.39, 0.29) is 0 Å². The lowest BCUT2D eigenvalue weighted by Gasteiger charge is -2.34. The fourth-order valence-corrected chi connectivity index (χ4v) is 5.24. The van der Waals surface area contributed by atoms with Crippen molar-refractivity contribution in [2.45, 2.75) is 26.6 Å². The van der Waals surface area contributed by atoms with E-state index in [0.29, 0.717) is 0 Å². The Kier molecular flexibility index (Phi) is 5.64. The average molecular weight is 462 g/mol. The number of aromatic nitrogens is 1. The molecule has 1 aromatic heterocycles. The highest BCUT2D eigenvalue weighted by atomic mass is 79.9. The second kappa shape index (κ2) is 8.54. The summed E-state index contributed by atoms with van der Waals surface area (Å²) >= 11 is 3.58. The van der Waals surface area contributed by atoms with E-state index in [2.05, 4.69) is 104 Å². The van der Waals surface area contributed by atoms with E-state index in [4.69, 9.17) is 0 Å². The molecule has 0 bridgehead atoms. The molecule has 154 valence electrons. The quantitative estimate of drug-likeness (QED) is 0.366. The minimum Gasteiger partial charge on any atom is -0.341 e. The number of hydrogen-bond donors (Lipinski definition) is 0. The molecule has 0 amide bonds. The molecule has 1 fully saturated rings. The van der Waals surface area contributed by atoms with Gasteiger partial charge in [0.25, 0.3) is 0 Å². The molecule has 0 saturated carbocycles. The number of rotatable bonds is 5.